The van der Waals surface area contributed by atoms with Gasteiger partial charge in [-0.25, -0.2) is 17.6 Å². The van der Waals surface area contributed by atoms with Crippen LogP contribution in [0, 0.1) is 17.1 Å². The predicted octanol–water partition coefficient (Wildman–Crippen LogP) is 3.22. The van der Waals surface area contributed by atoms with Crippen molar-refractivity contribution < 1.29 is 22.3 Å². The van der Waals surface area contributed by atoms with Gasteiger partial charge in [0, 0.05) is 6.04 Å². The molecular formula is C20H21FN2O4S. The molecule has 6 nitrogen and oxygen atoms in total. The second kappa shape index (κ2) is 9.85. The van der Waals surface area contributed by atoms with Crippen LogP contribution in [0.3, 0.4) is 0 Å². The molecular weight excluding hydrogens is 383 g/mol. The quantitative estimate of drug-likeness (QED) is 0.729. The Morgan fingerprint density at radius 3 is 2.50 bits per heavy atom. The molecule has 0 aliphatic heterocycles. The molecule has 0 saturated heterocycles. The number of amides is 1. The van der Waals surface area contributed by atoms with Gasteiger partial charge >= 0.3 is 6.09 Å². The van der Waals surface area contributed by atoms with E-state index in [0.717, 1.165) is 5.56 Å². The van der Waals surface area contributed by atoms with Crippen LogP contribution in [0.2, 0.25) is 0 Å². The van der Waals surface area contributed by atoms with E-state index in [4.69, 9.17) is 10.00 Å². The van der Waals surface area contributed by atoms with Gasteiger partial charge in [0.25, 0.3) is 0 Å². The third kappa shape index (κ3) is 7.00. The average Bonchev–Trinajstić information content (AvgIpc) is 2.67. The first kappa shape index (κ1) is 21.4. The number of sulfone groups is 1. The van der Waals surface area contributed by atoms with Gasteiger partial charge in [-0.3, -0.25) is 0 Å². The summed E-state index contributed by atoms with van der Waals surface area (Å²) in [5.74, 6) is -0.965. The minimum Gasteiger partial charge on any atom is -0.407 e. The van der Waals surface area contributed by atoms with E-state index in [0.29, 0.717) is 12.0 Å². The van der Waals surface area contributed by atoms with Crippen LogP contribution in [-0.2, 0) is 16.3 Å². The molecule has 1 atom stereocenters. The normalized spacial score (nSPS) is 12.0. The van der Waals surface area contributed by atoms with Crippen molar-refractivity contribution in [2.24, 2.45) is 0 Å². The van der Waals surface area contributed by atoms with Crippen molar-refractivity contribution >= 4 is 15.9 Å². The number of nitrogens with zero attached hydrogens (tertiary/aromatic N) is 1. The van der Waals surface area contributed by atoms with Crippen LogP contribution in [0.4, 0.5) is 9.18 Å². The molecule has 2 aromatic rings. The number of benzene rings is 2. The van der Waals surface area contributed by atoms with Gasteiger partial charge in [-0.15, -0.1) is 0 Å². The molecule has 0 spiro atoms. The van der Waals surface area contributed by atoms with Crippen molar-refractivity contribution in [2.45, 2.75) is 25.8 Å². The van der Waals surface area contributed by atoms with E-state index < -0.39 is 27.8 Å². The molecule has 0 aliphatic carbocycles. The lowest BCUT2D eigenvalue weighted by molar-refractivity contribution is 0.194. The topological polar surface area (TPSA) is 96.3 Å². The standard InChI is InChI=1S/C20H21FN2O4S/c1-15(23-20(24)27-19-5-3-2-4-18(19)21)10-12-28(25,26)13-11-16-6-8-17(14-22)9-7-16/h2-9,15H,10-13H2,1H3,(H,23,24). The smallest absolute Gasteiger partial charge is 0.407 e. The average molecular weight is 404 g/mol. The molecule has 28 heavy (non-hydrogen) atoms. The lowest BCUT2D eigenvalue weighted by atomic mass is 10.1. The van der Waals surface area contributed by atoms with Crippen molar-refractivity contribution in [1.82, 2.24) is 5.32 Å². The minimum atomic E-state index is -3.31. The first-order valence-electron chi connectivity index (χ1n) is 8.71. The van der Waals surface area contributed by atoms with Crippen LogP contribution in [-0.4, -0.2) is 32.1 Å². The summed E-state index contributed by atoms with van der Waals surface area (Å²) in [6.07, 6.45) is -0.277. The summed E-state index contributed by atoms with van der Waals surface area (Å²) in [6.45, 7) is 1.65. The fourth-order valence-corrected chi connectivity index (χ4v) is 3.87. The van der Waals surface area contributed by atoms with Gasteiger partial charge in [0.15, 0.2) is 21.4 Å². The maximum absolute atomic E-state index is 13.5. The first-order valence-corrected chi connectivity index (χ1v) is 10.5. The molecule has 0 aliphatic rings. The molecule has 0 aromatic heterocycles. The molecule has 0 radical (unpaired) electrons. The van der Waals surface area contributed by atoms with E-state index >= 15 is 0 Å². The molecule has 8 heteroatoms. The molecule has 2 rings (SSSR count). The Hall–Kier alpha value is -2.92. The van der Waals surface area contributed by atoms with Crippen molar-refractivity contribution in [1.29, 1.82) is 5.26 Å². The number of carbonyl (C=O) groups is 1. The Labute approximate surface area is 163 Å². The molecule has 1 amide bonds. The van der Waals surface area contributed by atoms with Crippen molar-refractivity contribution in [3.05, 3.63) is 65.5 Å². The summed E-state index contributed by atoms with van der Waals surface area (Å²) in [6, 6.07) is 13.8. The number of hydrogen-bond acceptors (Lipinski definition) is 5. The molecule has 0 bridgehead atoms. The van der Waals surface area contributed by atoms with Gasteiger partial charge in [0.05, 0.1) is 23.1 Å². The van der Waals surface area contributed by atoms with E-state index in [1.54, 1.807) is 31.2 Å². The van der Waals surface area contributed by atoms with Crippen molar-refractivity contribution in [3.63, 3.8) is 0 Å². The van der Waals surface area contributed by atoms with Crippen molar-refractivity contribution in [2.75, 3.05) is 11.5 Å². The van der Waals surface area contributed by atoms with Crippen LogP contribution in [0.25, 0.3) is 0 Å². The van der Waals surface area contributed by atoms with E-state index in [2.05, 4.69) is 5.32 Å². The molecule has 1 unspecified atom stereocenters. The second-order valence-electron chi connectivity index (χ2n) is 6.36. The Morgan fingerprint density at radius 2 is 1.86 bits per heavy atom. The third-order valence-corrected chi connectivity index (χ3v) is 5.73. The van der Waals surface area contributed by atoms with Crippen LogP contribution in [0.1, 0.15) is 24.5 Å². The number of ether oxygens (including phenoxy) is 1. The van der Waals surface area contributed by atoms with Gasteiger partial charge in [0.2, 0.25) is 0 Å². The van der Waals surface area contributed by atoms with Crippen LogP contribution >= 0.6 is 0 Å². The maximum atomic E-state index is 13.5. The van der Waals surface area contributed by atoms with E-state index in [9.17, 15) is 17.6 Å². The number of aryl methyl sites for hydroxylation is 1. The molecule has 2 aromatic carbocycles. The number of para-hydroxylation sites is 1. The van der Waals surface area contributed by atoms with E-state index in [1.807, 2.05) is 6.07 Å². The summed E-state index contributed by atoms with van der Waals surface area (Å²) >= 11 is 0. The van der Waals surface area contributed by atoms with E-state index in [-0.39, 0.29) is 23.7 Å². The van der Waals surface area contributed by atoms with Crippen molar-refractivity contribution in [3.8, 4) is 11.8 Å². The summed E-state index contributed by atoms with van der Waals surface area (Å²) in [7, 11) is -3.31. The lowest BCUT2D eigenvalue weighted by Gasteiger charge is -2.14. The number of nitrogens with one attached hydrogen (secondary N) is 1. The highest BCUT2D eigenvalue weighted by molar-refractivity contribution is 7.91. The van der Waals surface area contributed by atoms with Gasteiger partial charge < -0.3 is 10.1 Å². The summed E-state index contributed by atoms with van der Waals surface area (Å²) in [4.78, 5) is 11.8. The Balaban J connectivity index is 1.77. The zero-order chi connectivity index (χ0) is 20.6. The summed E-state index contributed by atoms with van der Waals surface area (Å²) in [5, 5.41) is 11.3. The zero-order valence-corrected chi connectivity index (χ0v) is 16.2. The number of carbonyl (C=O) groups excluding carboxylic acids is 1. The van der Waals surface area contributed by atoms with Gasteiger partial charge in [0.1, 0.15) is 0 Å². The Kier molecular flexibility index (Phi) is 7.52. The first-order chi connectivity index (χ1) is 13.3. The Bertz CT molecular complexity index is 953. The number of hydrogen-bond donors (Lipinski definition) is 1. The van der Waals surface area contributed by atoms with Gasteiger partial charge in [-0.1, -0.05) is 24.3 Å². The molecule has 0 saturated carbocycles. The largest absolute Gasteiger partial charge is 0.412 e. The minimum absolute atomic E-state index is 0.0225. The molecule has 148 valence electrons. The highest BCUT2D eigenvalue weighted by atomic mass is 32.2. The van der Waals surface area contributed by atoms with E-state index in [1.165, 1.54) is 24.3 Å². The Morgan fingerprint density at radius 1 is 1.18 bits per heavy atom. The molecule has 0 heterocycles. The van der Waals surface area contributed by atoms with Crippen LogP contribution in [0.15, 0.2) is 48.5 Å². The monoisotopic (exact) mass is 404 g/mol. The summed E-state index contributed by atoms with van der Waals surface area (Å²) in [5.41, 5.74) is 1.36. The number of nitriles is 1. The fourth-order valence-electron chi connectivity index (χ4n) is 2.41. The number of halogens is 1. The highest BCUT2D eigenvalue weighted by Crippen LogP contribution is 2.15. The zero-order valence-electron chi connectivity index (χ0n) is 15.4. The van der Waals surface area contributed by atoms with Crippen LogP contribution < -0.4 is 10.1 Å². The van der Waals surface area contributed by atoms with Gasteiger partial charge in [-0.05, 0) is 49.6 Å². The predicted molar refractivity (Wildman–Crippen MR) is 103 cm³/mol. The van der Waals surface area contributed by atoms with Gasteiger partial charge in [-0.2, -0.15) is 5.26 Å². The summed E-state index contributed by atoms with van der Waals surface area (Å²) < 4.78 is 42.7. The maximum Gasteiger partial charge on any atom is 0.412 e. The molecule has 0 fully saturated rings. The number of rotatable bonds is 8. The van der Waals surface area contributed by atoms with Crippen LogP contribution in [0.5, 0.6) is 5.75 Å². The highest BCUT2D eigenvalue weighted by Gasteiger charge is 2.16. The second-order valence-corrected chi connectivity index (χ2v) is 8.67. The fraction of sp³-hybridized carbons (Fsp3) is 0.300. The third-order valence-electron chi connectivity index (χ3n) is 4.05. The molecule has 1 N–H and O–H groups in total. The SMILES string of the molecule is CC(CCS(=O)(=O)CCc1ccc(C#N)cc1)NC(=O)Oc1ccccc1F. The lowest BCUT2D eigenvalue weighted by Crippen LogP contribution is -2.36.